The van der Waals surface area contributed by atoms with Gasteiger partial charge in [0.05, 0.1) is 0 Å². The van der Waals surface area contributed by atoms with E-state index in [2.05, 4.69) is 20.5 Å². The minimum absolute atomic E-state index is 0.0165. The molecule has 0 saturated carbocycles. The van der Waals surface area contributed by atoms with E-state index in [0.717, 1.165) is 49.6 Å². The Labute approximate surface area is 188 Å². The average Bonchev–Trinajstić information content (AvgIpc) is 3.24. The van der Waals surface area contributed by atoms with Gasteiger partial charge in [-0.15, -0.1) is 11.3 Å². The molecular weight excluding hydrogens is 434 g/mol. The number of sulfonamides is 1. The van der Waals surface area contributed by atoms with Crippen LogP contribution in [0.1, 0.15) is 31.2 Å². The fourth-order valence-electron chi connectivity index (χ4n) is 3.99. The zero-order chi connectivity index (χ0) is 22.4. The summed E-state index contributed by atoms with van der Waals surface area (Å²) in [6.45, 7) is 9.05. The lowest BCUT2D eigenvalue weighted by atomic mass is 10.1. The van der Waals surface area contributed by atoms with E-state index in [9.17, 15) is 13.2 Å². The lowest BCUT2D eigenvalue weighted by Gasteiger charge is -2.37. The number of rotatable bonds is 8. The number of carbonyl (C=O) groups is 1. The van der Waals surface area contributed by atoms with Gasteiger partial charge in [0.25, 0.3) is 10.0 Å². The first-order valence-electron chi connectivity index (χ1n) is 10.6. The average molecular weight is 466 g/mol. The Bertz CT molecular complexity index is 951. The fraction of sp³-hybridized carbons (Fsp3) is 0.524. The molecule has 2 aromatic heterocycles. The van der Waals surface area contributed by atoms with Crippen molar-refractivity contribution in [1.29, 1.82) is 0 Å². The third kappa shape index (κ3) is 6.25. The fourth-order valence-corrected chi connectivity index (χ4v) is 6.80. The van der Waals surface area contributed by atoms with E-state index in [0.29, 0.717) is 17.3 Å². The molecule has 2 amide bonds. The quantitative estimate of drug-likeness (QED) is 0.625. The molecule has 1 aliphatic heterocycles. The molecule has 170 valence electrons. The number of hydrogen-bond acceptors (Lipinski definition) is 6. The molecule has 2 aromatic rings. The van der Waals surface area contributed by atoms with Gasteiger partial charge >= 0.3 is 6.03 Å². The number of nitrogens with zero attached hydrogens (tertiary/aromatic N) is 3. The van der Waals surface area contributed by atoms with Crippen LogP contribution in [0, 0.1) is 13.8 Å². The number of piperidine rings is 1. The summed E-state index contributed by atoms with van der Waals surface area (Å²) in [7, 11) is -3.43. The molecule has 0 radical (unpaired) electrons. The highest BCUT2D eigenvalue weighted by atomic mass is 32.2. The van der Waals surface area contributed by atoms with Crippen LogP contribution in [0.3, 0.4) is 0 Å². The van der Waals surface area contributed by atoms with Crippen molar-refractivity contribution >= 4 is 33.1 Å². The van der Waals surface area contributed by atoms with E-state index in [1.165, 1.54) is 11.3 Å². The number of amides is 2. The van der Waals surface area contributed by atoms with E-state index in [-0.39, 0.29) is 12.1 Å². The Morgan fingerprint density at radius 2 is 1.94 bits per heavy atom. The Morgan fingerprint density at radius 1 is 1.26 bits per heavy atom. The lowest BCUT2D eigenvalue weighted by Crippen LogP contribution is -2.48. The Kier molecular flexibility index (Phi) is 8.04. The molecule has 8 nitrogen and oxygen atoms in total. The number of urea groups is 1. The molecular formula is C21H31N5O3S2. The minimum atomic E-state index is -3.43. The number of aromatic nitrogens is 1. The largest absolute Gasteiger partial charge is 0.337 e. The van der Waals surface area contributed by atoms with Crippen molar-refractivity contribution in [2.45, 2.75) is 43.9 Å². The van der Waals surface area contributed by atoms with Crippen molar-refractivity contribution in [3.05, 3.63) is 41.0 Å². The second kappa shape index (κ2) is 10.5. The smallest absolute Gasteiger partial charge is 0.319 e. The van der Waals surface area contributed by atoms with Gasteiger partial charge in [0.1, 0.15) is 4.21 Å². The molecule has 1 saturated heterocycles. The molecule has 3 heterocycles. The highest BCUT2D eigenvalue weighted by Gasteiger charge is 2.33. The van der Waals surface area contributed by atoms with Gasteiger partial charge in [0.15, 0.2) is 0 Å². The van der Waals surface area contributed by atoms with Gasteiger partial charge in [-0.25, -0.2) is 13.2 Å². The van der Waals surface area contributed by atoms with Crippen LogP contribution in [-0.2, 0) is 10.0 Å². The van der Waals surface area contributed by atoms with E-state index in [1.807, 2.05) is 32.9 Å². The summed E-state index contributed by atoms with van der Waals surface area (Å²) in [5.74, 6) is 0. The van der Waals surface area contributed by atoms with Crippen molar-refractivity contribution in [2.75, 3.05) is 38.0 Å². The summed E-state index contributed by atoms with van der Waals surface area (Å²) in [6, 6.07) is 6.89. The number of pyridine rings is 1. The molecule has 0 atom stereocenters. The molecule has 1 fully saturated rings. The predicted octanol–water partition coefficient (Wildman–Crippen LogP) is 3.06. The first-order chi connectivity index (χ1) is 14.8. The van der Waals surface area contributed by atoms with Crippen molar-refractivity contribution < 1.29 is 13.2 Å². The highest BCUT2D eigenvalue weighted by molar-refractivity contribution is 7.91. The Balaban J connectivity index is 1.43. The molecule has 1 aliphatic rings. The zero-order valence-corrected chi connectivity index (χ0v) is 19.9. The van der Waals surface area contributed by atoms with E-state index < -0.39 is 10.0 Å². The zero-order valence-electron chi connectivity index (χ0n) is 18.3. The Hall–Kier alpha value is -2.01. The minimum Gasteiger partial charge on any atom is -0.337 e. The molecule has 0 aliphatic carbocycles. The summed E-state index contributed by atoms with van der Waals surface area (Å²) in [4.78, 5) is 18.7. The topological polar surface area (TPSA) is 94.6 Å². The van der Waals surface area contributed by atoms with Crippen LogP contribution in [-0.4, -0.2) is 67.4 Å². The number of aryl methyl sites for hydroxylation is 2. The monoisotopic (exact) mass is 465 g/mol. The highest BCUT2D eigenvalue weighted by Crippen LogP contribution is 2.26. The van der Waals surface area contributed by atoms with Gasteiger partial charge in [-0.3, -0.25) is 4.98 Å². The van der Waals surface area contributed by atoms with Crippen molar-refractivity contribution in [3.63, 3.8) is 0 Å². The van der Waals surface area contributed by atoms with Gasteiger partial charge in [-0.2, -0.15) is 4.31 Å². The maximum Gasteiger partial charge on any atom is 0.319 e. The van der Waals surface area contributed by atoms with Gasteiger partial charge in [-0.05, 0) is 63.4 Å². The summed E-state index contributed by atoms with van der Waals surface area (Å²) in [5.41, 5.74) is 2.45. The molecule has 0 bridgehead atoms. The summed E-state index contributed by atoms with van der Waals surface area (Å²) >= 11 is 1.26. The molecule has 31 heavy (non-hydrogen) atoms. The normalized spacial score (nSPS) is 15.9. The van der Waals surface area contributed by atoms with Gasteiger partial charge in [-0.1, -0.05) is 13.0 Å². The number of carbonyl (C=O) groups excluding carboxylic acids is 1. The van der Waals surface area contributed by atoms with Crippen LogP contribution < -0.4 is 10.6 Å². The third-order valence-electron chi connectivity index (χ3n) is 5.39. The van der Waals surface area contributed by atoms with Gasteiger partial charge < -0.3 is 15.5 Å². The van der Waals surface area contributed by atoms with Crippen LogP contribution >= 0.6 is 11.3 Å². The van der Waals surface area contributed by atoms with Gasteiger partial charge in [0.2, 0.25) is 0 Å². The standard InChI is InChI=1S/C21H31N5O3S2/c1-4-26(31(28,29)20-6-5-13-30-20)19-7-10-25(11-8-19)12-9-22-21(27)24-18-14-16(2)23-17(3)15-18/h5-6,13-15,19H,4,7-12H2,1-3H3,(H2,22,23,24,27). The van der Waals surface area contributed by atoms with Crippen LogP contribution in [0.2, 0.25) is 0 Å². The molecule has 0 spiro atoms. The third-order valence-corrected chi connectivity index (χ3v) is 8.79. The maximum absolute atomic E-state index is 12.9. The molecule has 0 unspecified atom stereocenters. The van der Waals surface area contributed by atoms with Crippen molar-refractivity contribution in [2.24, 2.45) is 0 Å². The van der Waals surface area contributed by atoms with Crippen molar-refractivity contribution in [3.8, 4) is 0 Å². The maximum atomic E-state index is 12.9. The molecule has 2 N–H and O–H groups in total. The molecule has 0 aromatic carbocycles. The molecule has 10 heteroatoms. The summed E-state index contributed by atoms with van der Waals surface area (Å²) in [5, 5.41) is 7.52. The van der Waals surface area contributed by atoms with Crippen LogP contribution in [0.25, 0.3) is 0 Å². The predicted molar refractivity (Wildman–Crippen MR) is 124 cm³/mol. The first-order valence-corrected chi connectivity index (χ1v) is 12.9. The Morgan fingerprint density at radius 3 is 2.52 bits per heavy atom. The van der Waals surface area contributed by atoms with Gasteiger partial charge in [0, 0.05) is 42.8 Å². The SMILES string of the molecule is CCN(C1CCN(CCNC(=O)Nc2cc(C)nc(C)c2)CC1)S(=O)(=O)c1cccs1. The molecule has 3 rings (SSSR count). The van der Waals surface area contributed by atoms with E-state index in [1.54, 1.807) is 21.8 Å². The number of likely N-dealkylation sites (tertiary alicyclic amines) is 1. The van der Waals surface area contributed by atoms with Crippen LogP contribution in [0.5, 0.6) is 0 Å². The first kappa shape index (κ1) is 23.6. The van der Waals surface area contributed by atoms with Crippen LogP contribution in [0.15, 0.2) is 33.9 Å². The number of nitrogens with one attached hydrogen (secondary N) is 2. The van der Waals surface area contributed by atoms with E-state index >= 15 is 0 Å². The van der Waals surface area contributed by atoms with E-state index in [4.69, 9.17) is 0 Å². The van der Waals surface area contributed by atoms with Crippen molar-refractivity contribution in [1.82, 2.24) is 19.5 Å². The second-order valence-corrected chi connectivity index (χ2v) is 10.8. The summed E-state index contributed by atoms with van der Waals surface area (Å²) < 4.78 is 27.9. The summed E-state index contributed by atoms with van der Waals surface area (Å²) in [6.07, 6.45) is 1.58. The number of thiophene rings is 1. The van der Waals surface area contributed by atoms with Crippen LogP contribution in [0.4, 0.5) is 10.5 Å². The number of anilines is 1. The lowest BCUT2D eigenvalue weighted by molar-refractivity contribution is 0.162. The number of hydrogen-bond donors (Lipinski definition) is 2. The second-order valence-electron chi connectivity index (χ2n) is 7.73.